The first-order valence-electron chi connectivity index (χ1n) is 9.09. The van der Waals surface area contributed by atoms with Gasteiger partial charge < -0.3 is 10.3 Å². The van der Waals surface area contributed by atoms with Crippen LogP contribution in [0.25, 0.3) is 33.1 Å². The van der Waals surface area contributed by atoms with Gasteiger partial charge in [-0.25, -0.2) is 0 Å². The number of halogens is 2. The lowest BCUT2D eigenvalue weighted by Gasteiger charge is -2.16. The number of pyridine rings is 1. The molecule has 0 bridgehead atoms. The van der Waals surface area contributed by atoms with E-state index in [2.05, 4.69) is 0 Å². The Bertz CT molecular complexity index is 1370. The zero-order valence-electron chi connectivity index (χ0n) is 16.2. The average molecular weight is 428 g/mol. The third kappa shape index (κ3) is 3.02. The molecule has 0 aliphatic rings. The number of aryl methyl sites for hydroxylation is 2. The van der Waals surface area contributed by atoms with E-state index in [1.54, 1.807) is 36.7 Å². The van der Waals surface area contributed by atoms with Crippen LogP contribution >= 0.6 is 23.2 Å². The van der Waals surface area contributed by atoms with Crippen LogP contribution in [0.4, 0.5) is 0 Å². The van der Waals surface area contributed by atoms with E-state index >= 15 is 0 Å². The minimum absolute atomic E-state index is 0.223. The van der Waals surface area contributed by atoms with Crippen molar-refractivity contribution in [2.75, 3.05) is 0 Å². The Morgan fingerprint density at radius 3 is 2.41 bits per heavy atom. The first-order valence-corrected chi connectivity index (χ1v) is 9.85. The Morgan fingerprint density at radius 1 is 1.03 bits per heavy atom. The fourth-order valence-electron chi connectivity index (χ4n) is 3.83. The van der Waals surface area contributed by atoms with Gasteiger partial charge in [-0.3, -0.25) is 14.2 Å². The van der Waals surface area contributed by atoms with Crippen LogP contribution in [0.5, 0.6) is 0 Å². The zero-order valence-corrected chi connectivity index (χ0v) is 17.7. The maximum atomic E-state index is 13.3. The molecule has 148 valence electrons. The second-order valence-electron chi connectivity index (χ2n) is 7.25. The molecule has 5 nitrogen and oxygen atoms in total. The summed E-state index contributed by atoms with van der Waals surface area (Å²) in [6.07, 6.45) is 0. The standard InChI is InChI=1S/C22H19Cl2N3O2/c1-11-4-7-19-15(8-11)16-10-17(14-6-5-13(23)9-18(14)24)22(29)26(3)21(16)27(19)12(2)20(25)28/h4-10,12H,1-3H3,(H2,25,28). The van der Waals surface area contributed by atoms with E-state index < -0.39 is 11.9 Å². The molecule has 1 atom stereocenters. The summed E-state index contributed by atoms with van der Waals surface area (Å²) >= 11 is 12.4. The predicted molar refractivity (Wildman–Crippen MR) is 119 cm³/mol. The summed E-state index contributed by atoms with van der Waals surface area (Å²) in [5.74, 6) is -0.471. The lowest BCUT2D eigenvalue weighted by molar-refractivity contribution is -0.120. The number of carbonyl (C=O) groups excluding carboxylic acids is 1. The number of rotatable bonds is 3. The third-order valence-electron chi connectivity index (χ3n) is 5.33. The van der Waals surface area contributed by atoms with E-state index in [9.17, 15) is 9.59 Å². The second kappa shape index (κ2) is 6.94. The van der Waals surface area contributed by atoms with Crippen LogP contribution in [0.2, 0.25) is 10.0 Å². The highest BCUT2D eigenvalue weighted by Gasteiger charge is 2.23. The van der Waals surface area contributed by atoms with Crippen molar-refractivity contribution in [2.24, 2.45) is 12.8 Å². The third-order valence-corrected chi connectivity index (χ3v) is 5.88. The molecule has 7 heteroatoms. The van der Waals surface area contributed by atoms with E-state index in [0.717, 1.165) is 21.9 Å². The van der Waals surface area contributed by atoms with Gasteiger partial charge in [0, 0.05) is 34.0 Å². The maximum absolute atomic E-state index is 13.3. The molecular weight excluding hydrogens is 409 g/mol. The van der Waals surface area contributed by atoms with Crippen molar-refractivity contribution in [2.45, 2.75) is 19.9 Å². The number of hydrogen-bond donors (Lipinski definition) is 1. The minimum atomic E-state index is -0.617. The number of hydrogen-bond acceptors (Lipinski definition) is 2. The summed E-state index contributed by atoms with van der Waals surface area (Å²) < 4.78 is 3.37. The molecular formula is C22H19Cl2N3O2. The van der Waals surface area contributed by atoms with Gasteiger partial charge in [-0.1, -0.05) is 40.9 Å². The molecule has 2 heterocycles. The van der Waals surface area contributed by atoms with E-state index in [1.165, 1.54) is 0 Å². The van der Waals surface area contributed by atoms with Crippen molar-refractivity contribution >= 4 is 51.0 Å². The number of aromatic nitrogens is 2. The monoisotopic (exact) mass is 427 g/mol. The molecule has 0 aliphatic heterocycles. The van der Waals surface area contributed by atoms with E-state index in [4.69, 9.17) is 28.9 Å². The number of benzene rings is 2. The van der Waals surface area contributed by atoms with Gasteiger partial charge in [0.15, 0.2) is 0 Å². The molecule has 0 radical (unpaired) electrons. The minimum Gasteiger partial charge on any atom is -0.368 e. The van der Waals surface area contributed by atoms with Crippen molar-refractivity contribution in [3.8, 4) is 11.1 Å². The quantitative estimate of drug-likeness (QED) is 0.508. The van der Waals surface area contributed by atoms with Crippen molar-refractivity contribution in [3.63, 3.8) is 0 Å². The molecule has 2 aromatic heterocycles. The molecule has 0 aliphatic carbocycles. The number of amides is 1. The molecule has 0 saturated carbocycles. The Morgan fingerprint density at radius 2 is 1.76 bits per heavy atom. The molecule has 0 spiro atoms. The predicted octanol–water partition coefficient (Wildman–Crippen LogP) is 4.82. The van der Waals surface area contributed by atoms with Gasteiger partial charge in [-0.05, 0) is 44.2 Å². The largest absolute Gasteiger partial charge is 0.368 e. The Hall–Kier alpha value is -2.76. The number of nitrogens with two attached hydrogens (primary N) is 1. The van der Waals surface area contributed by atoms with Crippen LogP contribution in [0, 0.1) is 6.92 Å². The number of primary amides is 1. The smallest absolute Gasteiger partial charge is 0.259 e. The first-order chi connectivity index (χ1) is 13.7. The SMILES string of the molecule is Cc1ccc2c(c1)c1cc(-c3ccc(Cl)cc3Cl)c(=O)n(C)c1n2C(C)C(N)=O. The van der Waals surface area contributed by atoms with Crippen LogP contribution in [0.1, 0.15) is 18.5 Å². The molecule has 4 aromatic rings. The number of nitrogens with zero attached hydrogens (tertiary/aromatic N) is 2. The van der Waals surface area contributed by atoms with E-state index in [1.807, 2.05) is 35.8 Å². The van der Waals surface area contributed by atoms with Crippen LogP contribution in [-0.4, -0.2) is 15.0 Å². The van der Waals surface area contributed by atoms with E-state index in [0.29, 0.717) is 26.8 Å². The van der Waals surface area contributed by atoms with Crippen molar-refractivity contribution < 1.29 is 4.79 Å². The molecule has 4 rings (SSSR count). The first kappa shape index (κ1) is 19.6. The molecule has 2 N–H and O–H groups in total. The van der Waals surface area contributed by atoms with Crippen molar-refractivity contribution in [1.29, 1.82) is 0 Å². The summed E-state index contributed by atoms with van der Waals surface area (Å²) in [6, 6.07) is 12.2. The summed E-state index contributed by atoms with van der Waals surface area (Å²) in [4.78, 5) is 25.2. The van der Waals surface area contributed by atoms with Gasteiger partial charge in [0.2, 0.25) is 5.91 Å². The van der Waals surface area contributed by atoms with Gasteiger partial charge >= 0.3 is 0 Å². The lowest BCUT2D eigenvalue weighted by Crippen LogP contribution is -2.27. The summed E-state index contributed by atoms with van der Waals surface area (Å²) in [5.41, 5.74) is 9.00. The highest BCUT2D eigenvalue weighted by Crippen LogP contribution is 2.35. The van der Waals surface area contributed by atoms with Gasteiger partial charge in [0.25, 0.3) is 5.56 Å². The molecule has 0 fully saturated rings. The van der Waals surface area contributed by atoms with Crippen LogP contribution in [-0.2, 0) is 11.8 Å². The van der Waals surface area contributed by atoms with Crippen molar-refractivity contribution in [3.05, 3.63) is 68.4 Å². The van der Waals surface area contributed by atoms with Crippen molar-refractivity contribution in [1.82, 2.24) is 9.13 Å². The maximum Gasteiger partial charge on any atom is 0.259 e. The van der Waals surface area contributed by atoms with Gasteiger partial charge in [0.05, 0.1) is 10.5 Å². The van der Waals surface area contributed by atoms with Gasteiger partial charge in [-0.15, -0.1) is 0 Å². The zero-order chi connectivity index (χ0) is 21.0. The normalized spacial score (nSPS) is 12.6. The van der Waals surface area contributed by atoms with Crippen LogP contribution < -0.4 is 11.3 Å². The fraction of sp³-hybridized carbons (Fsp3) is 0.182. The topological polar surface area (TPSA) is 70.0 Å². The average Bonchev–Trinajstić information content (AvgIpc) is 2.98. The lowest BCUT2D eigenvalue weighted by atomic mass is 10.0. The molecule has 1 unspecified atom stereocenters. The Labute approximate surface area is 177 Å². The van der Waals surface area contributed by atoms with E-state index in [-0.39, 0.29) is 5.56 Å². The number of fused-ring (bicyclic) bond motifs is 3. The molecule has 29 heavy (non-hydrogen) atoms. The van der Waals surface area contributed by atoms with Gasteiger partial charge in [-0.2, -0.15) is 0 Å². The molecule has 0 saturated heterocycles. The molecule has 1 amide bonds. The summed E-state index contributed by atoms with van der Waals surface area (Å²) in [5, 5.41) is 2.69. The summed E-state index contributed by atoms with van der Waals surface area (Å²) in [6.45, 7) is 3.73. The highest BCUT2D eigenvalue weighted by atomic mass is 35.5. The Kier molecular flexibility index (Phi) is 4.68. The second-order valence-corrected chi connectivity index (χ2v) is 8.10. The number of carbonyl (C=O) groups is 1. The van der Waals surface area contributed by atoms with Gasteiger partial charge in [0.1, 0.15) is 11.7 Å². The van der Waals surface area contributed by atoms with Crippen LogP contribution in [0.15, 0.2) is 47.3 Å². The van der Waals surface area contributed by atoms with Crippen LogP contribution in [0.3, 0.4) is 0 Å². The summed E-state index contributed by atoms with van der Waals surface area (Å²) in [7, 11) is 1.69. The highest BCUT2D eigenvalue weighted by molar-refractivity contribution is 6.36. The fourth-order valence-corrected chi connectivity index (χ4v) is 4.34. The Balaban J connectivity index is 2.19. The molecule has 2 aromatic carbocycles.